The van der Waals surface area contributed by atoms with Crippen molar-refractivity contribution in [1.82, 2.24) is 0 Å². The summed E-state index contributed by atoms with van der Waals surface area (Å²) in [6.07, 6.45) is -0.972. The van der Waals surface area contributed by atoms with Gasteiger partial charge in [0.05, 0.1) is 5.56 Å². The van der Waals surface area contributed by atoms with Gasteiger partial charge in [-0.25, -0.2) is 4.79 Å². The van der Waals surface area contributed by atoms with E-state index in [1.54, 1.807) is 36.4 Å². The molecule has 0 saturated carbocycles. The number of nitrogens with one attached hydrogen (secondary N) is 1. The van der Waals surface area contributed by atoms with Crippen molar-refractivity contribution in [2.75, 3.05) is 5.32 Å². The molecule has 0 unspecified atom stereocenters. The first-order valence-corrected chi connectivity index (χ1v) is 7.63. The monoisotopic (exact) mass is 345 g/mol. The van der Waals surface area contributed by atoms with E-state index in [2.05, 4.69) is 5.32 Å². The summed E-state index contributed by atoms with van der Waals surface area (Å²) in [7, 11) is 0. The smallest absolute Gasteiger partial charge is 0.338 e. The van der Waals surface area contributed by atoms with Gasteiger partial charge in [0.2, 0.25) is 0 Å². The number of halogens is 1. The molecule has 1 N–H and O–H groups in total. The number of amides is 1. The molecule has 0 saturated heterocycles. The number of ether oxygens (including phenoxy) is 1. The van der Waals surface area contributed by atoms with Gasteiger partial charge in [-0.2, -0.15) is 0 Å². The number of benzene rings is 2. The zero-order valence-corrected chi connectivity index (χ0v) is 14.0. The third-order valence-electron chi connectivity index (χ3n) is 3.29. The van der Waals surface area contributed by atoms with Gasteiger partial charge in [0, 0.05) is 16.3 Å². The second-order valence-corrected chi connectivity index (χ2v) is 5.61. The fraction of sp³-hybridized carbons (Fsp3) is 0.167. The third-order valence-corrected chi connectivity index (χ3v) is 3.54. The van der Waals surface area contributed by atoms with Gasteiger partial charge in [-0.1, -0.05) is 11.6 Å². The van der Waals surface area contributed by atoms with Crippen molar-refractivity contribution in [3.05, 3.63) is 64.7 Å². The normalized spacial score (nSPS) is 11.5. The minimum absolute atomic E-state index is 0.0573. The molecule has 1 atom stereocenters. The molecule has 2 aromatic rings. The molecule has 0 aromatic heterocycles. The SMILES string of the molecule is CC(=O)c1ccc(NC(=O)[C@@H](C)OC(=O)c2ccc(Cl)cc2)cc1. The summed E-state index contributed by atoms with van der Waals surface area (Å²) in [5.41, 5.74) is 1.37. The van der Waals surface area contributed by atoms with Crippen molar-refractivity contribution < 1.29 is 19.1 Å². The van der Waals surface area contributed by atoms with Gasteiger partial charge < -0.3 is 10.1 Å². The Hall–Kier alpha value is -2.66. The average Bonchev–Trinajstić information content (AvgIpc) is 2.55. The molecule has 5 nitrogen and oxygen atoms in total. The Morgan fingerprint density at radius 1 is 0.958 bits per heavy atom. The second kappa shape index (κ2) is 7.75. The van der Waals surface area contributed by atoms with Crippen LogP contribution in [-0.4, -0.2) is 23.8 Å². The summed E-state index contributed by atoms with van der Waals surface area (Å²) >= 11 is 5.76. The van der Waals surface area contributed by atoms with E-state index in [1.807, 2.05) is 0 Å². The molecule has 0 fully saturated rings. The van der Waals surface area contributed by atoms with E-state index >= 15 is 0 Å². The molecule has 0 aliphatic rings. The van der Waals surface area contributed by atoms with Crippen LogP contribution in [0.3, 0.4) is 0 Å². The Bertz CT molecular complexity index is 754. The molecule has 0 spiro atoms. The van der Waals surface area contributed by atoms with Gasteiger partial charge in [-0.05, 0) is 62.4 Å². The zero-order valence-electron chi connectivity index (χ0n) is 13.2. The highest BCUT2D eigenvalue weighted by Crippen LogP contribution is 2.13. The quantitative estimate of drug-likeness (QED) is 0.662. The lowest BCUT2D eigenvalue weighted by molar-refractivity contribution is -0.123. The van der Waals surface area contributed by atoms with E-state index in [9.17, 15) is 14.4 Å². The fourth-order valence-corrected chi connectivity index (χ4v) is 2.03. The lowest BCUT2D eigenvalue weighted by atomic mass is 10.1. The van der Waals surface area contributed by atoms with Crippen LogP contribution in [0.4, 0.5) is 5.69 Å². The molecule has 124 valence electrons. The minimum Gasteiger partial charge on any atom is -0.449 e. The van der Waals surface area contributed by atoms with Crippen molar-refractivity contribution >= 4 is 34.9 Å². The van der Waals surface area contributed by atoms with Gasteiger partial charge in [-0.3, -0.25) is 9.59 Å². The zero-order chi connectivity index (χ0) is 17.7. The van der Waals surface area contributed by atoms with Crippen molar-refractivity contribution in [1.29, 1.82) is 0 Å². The van der Waals surface area contributed by atoms with E-state index in [0.717, 1.165) is 0 Å². The highest BCUT2D eigenvalue weighted by atomic mass is 35.5. The highest BCUT2D eigenvalue weighted by molar-refractivity contribution is 6.30. The summed E-state index contributed by atoms with van der Waals surface area (Å²) in [5.74, 6) is -1.13. The second-order valence-electron chi connectivity index (χ2n) is 5.18. The van der Waals surface area contributed by atoms with Gasteiger partial charge in [0.1, 0.15) is 0 Å². The molecule has 6 heteroatoms. The Morgan fingerprint density at radius 3 is 2.04 bits per heavy atom. The number of Topliss-reactive ketones (excluding diaryl/α,β-unsaturated/α-hetero) is 1. The van der Waals surface area contributed by atoms with Crippen molar-refractivity contribution in [2.24, 2.45) is 0 Å². The standard InChI is InChI=1S/C18H16ClNO4/c1-11(21)13-5-9-16(10-6-13)20-17(22)12(2)24-18(23)14-3-7-15(19)8-4-14/h3-10,12H,1-2H3,(H,20,22)/t12-/m1/s1. The summed E-state index contributed by atoms with van der Waals surface area (Å²) in [6, 6.07) is 12.6. The predicted molar refractivity (Wildman–Crippen MR) is 91.4 cm³/mol. The number of carbonyl (C=O) groups is 3. The molecule has 0 heterocycles. The third kappa shape index (κ3) is 4.67. The number of hydrogen-bond donors (Lipinski definition) is 1. The van der Waals surface area contributed by atoms with Crippen LogP contribution < -0.4 is 5.32 Å². The Labute approximate surface area is 144 Å². The van der Waals surface area contributed by atoms with Gasteiger partial charge in [0.15, 0.2) is 11.9 Å². The van der Waals surface area contributed by atoms with Crippen molar-refractivity contribution in [2.45, 2.75) is 20.0 Å². The molecule has 0 radical (unpaired) electrons. The summed E-state index contributed by atoms with van der Waals surface area (Å²) in [5, 5.41) is 3.13. The summed E-state index contributed by atoms with van der Waals surface area (Å²) in [6.45, 7) is 2.94. The maximum absolute atomic E-state index is 12.1. The van der Waals surface area contributed by atoms with Crippen molar-refractivity contribution in [3.8, 4) is 0 Å². The predicted octanol–water partition coefficient (Wildman–Crippen LogP) is 3.73. The van der Waals surface area contributed by atoms with Crippen LogP contribution in [0.5, 0.6) is 0 Å². The molecule has 2 rings (SSSR count). The Kier molecular flexibility index (Phi) is 5.71. The Morgan fingerprint density at radius 2 is 1.50 bits per heavy atom. The van der Waals surface area contributed by atoms with E-state index < -0.39 is 18.0 Å². The molecule has 1 amide bonds. The van der Waals surface area contributed by atoms with Crippen LogP contribution in [0.15, 0.2) is 48.5 Å². The van der Waals surface area contributed by atoms with E-state index in [-0.39, 0.29) is 5.78 Å². The van der Waals surface area contributed by atoms with Gasteiger partial charge in [-0.15, -0.1) is 0 Å². The molecule has 24 heavy (non-hydrogen) atoms. The largest absolute Gasteiger partial charge is 0.449 e. The van der Waals surface area contributed by atoms with E-state index in [0.29, 0.717) is 21.8 Å². The van der Waals surface area contributed by atoms with E-state index in [1.165, 1.54) is 26.0 Å². The minimum atomic E-state index is -0.972. The lowest BCUT2D eigenvalue weighted by Crippen LogP contribution is -2.30. The van der Waals surface area contributed by atoms with Gasteiger partial charge in [0.25, 0.3) is 5.91 Å². The fourth-order valence-electron chi connectivity index (χ4n) is 1.90. The van der Waals surface area contributed by atoms with Gasteiger partial charge >= 0.3 is 5.97 Å². The number of ketones is 1. The number of anilines is 1. The topological polar surface area (TPSA) is 72.5 Å². The molecular weight excluding hydrogens is 330 g/mol. The molecule has 0 bridgehead atoms. The highest BCUT2D eigenvalue weighted by Gasteiger charge is 2.19. The maximum atomic E-state index is 12.1. The summed E-state index contributed by atoms with van der Waals surface area (Å²) in [4.78, 5) is 35.2. The first-order chi connectivity index (χ1) is 11.4. The molecule has 0 aliphatic heterocycles. The van der Waals surface area contributed by atoms with Crippen LogP contribution in [-0.2, 0) is 9.53 Å². The number of esters is 1. The van der Waals surface area contributed by atoms with Crippen LogP contribution in [0.2, 0.25) is 5.02 Å². The summed E-state index contributed by atoms with van der Waals surface area (Å²) < 4.78 is 5.12. The van der Waals surface area contributed by atoms with Crippen molar-refractivity contribution in [3.63, 3.8) is 0 Å². The van der Waals surface area contributed by atoms with Crippen LogP contribution in [0, 0.1) is 0 Å². The average molecular weight is 346 g/mol. The molecule has 0 aliphatic carbocycles. The number of hydrogen-bond acceptors (Lipinski definition) is 4. The molecule has 2 aromatic carbocycles. The Balaban J connectivity index is 1.95. The van der Waals surface area contributed by atoms with Crippen LogP contribution in [0.1, 0.15) is 34.6 Å². The maximum Gasteiger partial charge on any atom is 0.338 e. The van der Waals surface area contributed by atoms with Crippen LogP contribution >= 0.6 is 11.6 Å². The lowest BCUT2D eigenvalue weighted by Gasteiger charge is -2.13. The van der Waals surface area contributed by atoms with E-state index in [4.69, 9.17) is 16.3 Å². The first kappa shape index (κ1) is 17.7. The molecular formula is C18H16ClNO4. The van der Waals surface area contributed by atoms with Crippen LogP contribution in [0.25, 0.3) is 0 Å². The number of rotatable bonds is 5. The first-order valence-electron chi connectivity index (χ1n) is 7.25. The number of carbonyl (C=O) groups excluding carboxylic acids is 3.